The van der Waals surface area contributed by atoms with Gasteiger partial charge in [-0.3, -0.25) is 0 Å². The lowest BCUT2D eigenvalue weighted by Gasteiger charge is -2.13. The Bertz CT molecular complexity index is 353. The molecule has 0 saturated carbocycles. The lowest BCUT2D eigenvalue weighted by molar-refractivity contribution is 0.416. The maximum atomic E-state index is 8.70. The summed E-state index contributed by atoms with van der Waals surface area (Å²) in [7, 11) is 1.60. The highest BCUT2D eigenvalue weighted by Crippen LogP contribution is 2.25. The molecule has 0 unspecified atom stereocenters. The third kappa shape index (κ3) is 2.40. The number of rotatable bonds is 3. The van der Waals surface area contributed by atoms with Gasteiger partial charge in [-0.15, -0.1) is 0 Å². The van der Waals surface area contributed by atoms with E-state index in [9.17, 15) is 0 Å². The van der Waals surface area contributed by atoms with E-state index in [2.05, 4.69) is 25.2 Å². The summed E-state index contributed by atoms with van der Waals surface area (Å²) in [6.07, 6.45) is 0. The van der Waals surface area contributed by atoms with E-state index < -0.39 is 0 Å². The second-order valence-corrected chi connectivity index (χ2v) is 3.33. The lowest BCUT2D eigenvalue weighted by Crippen LogP contribution is -2.10. The molecule has 0 aliphatic rings. The van der Waals surface area contributed by atoms with Crippen LogP contribution in [0.2, 0.25) is 0 Å². The van der Waals surface area contributed by atoms with Crippen molar-refractivity contribution in [3.63, 3.8) is 0 Å². The molecule has 0 aliphatic carbocycles. The second-order valence-electron chi connectivity index (χ2n) is 3.33. The third-order valence-corrected chi connectivity index (χ3v) is 1.77. The number of hydrogen-bond acceptors (Lipinski definition) is 3. The Balaban J connectivity index is 3.00. The second kappa shape index (κ2) is 4.52. The van der Waals surface area contributed by atoms with Crippen molar-refractivity contribution < 1.29 is 4.74 Å². The first-order chi connectivity index (χ1) is 6.67. The molecule has 3 heteroatoms. The van der Waals surface area contributed by atoms with E-state index in [1.807, 2.05) is 6.07 Å². The minimum absolute atomic E-state index is 0.344. The predicted octanol–water partition coefficient (Wildman–Crippen LogP) is 2.39. The fraction of sp³-hybridized carbons (Fsp3) is 0.364. The first-order valence-electron chi connectivity index (χ1n) is 4.52. The molecule has 0 aromatic heterocycles. The molecule has 0 saturated heterocycles. The van der Waals surface area contributed by atoms with Crippen LogP contribution in [0.1, 0.15) is 19.4 Å². The molecule has 0 fully saturated rings. The van der Waals surface area contributed by atoms with E-state index in [4.69, 9.17) is 10.00 Å². The first-order valence-corrected chi connectivity index (χ1v) is 4.52. The van der Waals surface area contributed by atoms with Crippen molar-refractivity contribution in [2.45, 2.75) is 19.9 Å². The van der Waals surface area contributed by atoms with Gasteiger partial charge in [-0.1, -0.05) is 0 Å². The Labute approximate surface area is 84.3 Å². The maximum absolute atomic E-state index is 8.70. The van der Waals surface area contributed by atoms with Gasteiger partial charge in [0.05, 0.1) is 24.4 Å². The number of benzene rings is 1. The fourth-order valence-corrected chi connectivity index (χ4v) is 1.19. The van der Waals surface area contributed by atoms with E-state index in [1.165, 1.54) is 0 Å². The molecule has 1 N–H and O–H groups in total. The molecule has 1 aromatic rings. The molecular weight excluding hydrogens is 176 g/mol. The minimum Gasteiger partial charge on any atom is -0.495 e. The van der Waals surface area contributed by atoms with Gasteiger partial charge in [-0.05, 0) is 26.0 Å². The molecule has 0 radical (unpaired) electrons. The topological polar surface area (TPSA) is 45.0 Å². The third-order valence-electron chi connectivity index (χ3n) is 1.77. The number of hydrogen-bond donors (Lipinski definition) is 1. The van der Waals surface area contributed by atoms with E-state index in [0.717, 1.165) is 5.69 Å². The van der Waals surface area contributed by atoms with E-state index in [-0.39, 0.29) is 0 Å². The van der Waals surface area contributed by atoms with Crippen molar-refractivity contribution >= 4 is 5.69 Å². The van der Waals surface area contributed by atoms with Crippen molar-refractivity contribution in [1.82, 2.24) is 0 Å². The fourth-order valence-electron chi connectivity index (χ4n) is 1.19. The summed E-state index contributed by atoms with van der Waals surface area (Å²) >= 11 is 0. The average molecular weight is 190 g/mol. The summed E-state index contributed by atoms with van der Waals surface area (Å²) in [6, 6.07) is 7.78. The molecule has 0 amide bonds. The molecule has 14 heavy (non-hydrogen) atoms. The summed E-state index contributed by atoms with van der Waals surface area (Å²) in [5.74, 6) is 0.706. The van der Waals surface area contributed by atoms with E-state index in [1.54, 1.807) is 19.2 Å². The quantitative estimate of drug-likeness (QED) is 0.795. The van der Waals surface area contributed by atoms with Crippen molar-refractivity contribution in [1.29, 1.82) is 5.26 Å². The van der Waals surface area contributed by atoms with Crippen molar-refractivity contribution in [3.05, 3.63) is 23.8 Å². The van der Waals surface area contributed by atoms with Crippen LogP contribution >= 0.6 is 0 Å². The smallest absolute Gasteiger partial charge is 0.143 e. The molecule has 1 aromatic carbocycles. The lowest BCUT2D eigenvalue weighted by atomic mass is 10.2. The van der Waals surface area contributed by atoms with Crippen LogP contribution in [0, 0.1) is 11.3 Å². The molecule has 0 aliphatic heterocycles. The molecular formula is C11H14N2O. The molecule has 74 valence electrons. The van der Waals surface area contributed by atoms with Crippen LogP contribution in [0.3, 0.4) is 0 Å². The number of anilines is 1. The monoisotopic (exact) mass is 190 g/mol. The van der Waals surface area contributed by atoms with Crippen molar-refractivity contribution in [2.75, 3.05) is 12.4 Å². The Morgan fingerprint density at radius 3 is 2.64 bits per heavy atom. The Morgan fingerprint density at radius 1 is 1.43 bits per heavy atom. The molecule has 0 atom stereocenters. The zero-order valence-corrected chi connectivity index (χ0v) is 8.66. The Hall–Kier alpha value is -1.69. The summed E-state index contributed by atoms with van der Waals surface area (Å²) < 4.78 is 5.18. The number of nitrogens with one attached hydrogen (secondary N) is 1. The van der Waals surface area contributed by atoms with E-state index in [0.29, 0.717) is 17.4 Å². The molecule has 0 bridgehead atoms. The molecule has 3 nitrogen and oxygen atoms in total. The van der Waals surface area contributed by atoms with Crippen LogP contribution < -0.4 is 10.1 Å². The first kappa shape index (κ1) is 10.4. The molecule has 0 heterocycles. The van der Waals surface area contributed by atoms with Crippen molar-refractivity contribution in [3.8, 4) is 11.8 Å². The van der Waals surface area contributed by atoms with Gasteiger partial charge in [-0.2, -0.15) is 5.26 Å². The summed E-state index contributed by atoms with van der Waals surface area (Å²) in [4.78, 5) is 0. The standard InChI is InChI=1S/C11H14N2O/c1-8(2)13-10-5-4-9(7-12)6-11(10)14-3/h4-6,8,13H,1-3H3. The van der Waals surface area contributed by atoms with Crippen LogP contribution in [0.15, 0.2) is 18.2 Å². The summed E-state index contributed by atoms with van der Waals surface area (Å²) in [6.45, 7) is 4.11. The number of ether oxygens (including phenoxy) is 1. The van der Waals surface area contributed by atoms with Gasteiger partial charge in [-0.25, -0.2) is 0 Å². The maximum Gasteiger partial charge on any atom is 0.143 e. The zero-order valence-electron chi connectivity index (χ0n) is 8.66. The summed E-state index contributed by atoms with van der Waals surface area (Å²) in [5.41, 5.74) is 1.53. The minimum atomic E-state index is 0.344. The van der Waals surface area contributed by atoms with Crippen molar-refractivity contribution in [2.24, 2.45) is 0 Å². The highest BCUT2D eigenvalue weighted by molar-refractivity contribution is 5.59. The zero-order chi connectivity index (χ0) is 10.6. The van der Waals surface area contributed by atoms with Crippen LogP contribution in [0.25, 0.3) is 0 Å². The highest BCUT2D eigenvalue weighted by Gasteiger charge is 2.04. The van der Waals surface area contributed by atoms with Gasteiger partial charge in [0.15, 0.2) is 0 Å². The van der Waals surface area contributed by atoms with Crippen LogP contribution in [0.4, 0.5) is 5.69 Å². The van der Waals surface area contributed by atoms with Gasteiger partial charge in [0, 0.05) is 12.1 Å². The normalized spacial score (nSPS) is 9.64. The predicted molar refractivity (Wildman–Crippen MR) is 56.5 cm³/mol. The van der Waals surface area contributed by atoms with Crippen LogP contribution in [-0.4, -0.2) is 13.2 Å². The Kier molecular flexibility index (Phi) is 3.35. The molecule has 1 rings (SSSR count). The SMILES string of the molecule is COc1cc(C#N)ccc1NC(C)C. The van der Waals surface area contributed by atoms with Gasteiger partial charge >= 0.3 is 0 Å². The number of nitrogens with zero attached hydrogens (tertiary/aromatic N) is 1. The number of methoxy groups -OCH3 is 1. The van der Waals surface area contributed by atoms with E-state index >= 15 is 0 Å². The highest BCUT2D eigenvalue weighted by atomic mass is 16.5. The Morgan fingerprint density at radius 2 is 2.14 bits per heavy atom. The summed E-state index contributed by atoms with van der Waals surface area (Å²) in [5, 5.41) is 11.9. The van der Waals surface area contributed by atoms with Gasteiger partial charge in [0.25, 0.3) is 0 Å². The van der Waals surface area contributed by atoms with Gasteiger partial charge in [0.2, 0.25) is 0 Å². The average Bonchev–Trinajstić information content (AvgIpc) is 2.17. The number of nitriles is 1. The van der Waals surface area contributed by atoms with Crippen LogP contribution in [0.5, 0.6) is 5.75 Å². The largest absolute Gasteiger partial charge is 0.495 e. The van der Waals surface area contributed by atoms with Crippen LogP contribution in [-0.2, 0) is 0 Å². The molecule has 0 spiro atoms. The van der Waals surface area contributed by atoms with Gasteiger partial charge in [0.1, 0.15) is 5.75 Å². The van der Waals surface area contributed by atoms with Gasteiger partial charge < -0.3 is 10.1 Å².